The van der Waals surface area contributed by atoms with Gasteiger partial charge in [0.25, 0.3) is 0 Å². The fourth-order valence-electron chi connectivity index (χ4n) is 2.49. The monoisotopic (exact) mass is 256 g/mol. The summed E-state index contributed by atoms with van der Waals surface area (Å²) in [6, 6.07) is 0.760. The van der Waals surface area contributed by atoms with Gasteiger partial charge >= 0.3 is 5.97 Å². The van der Waals surface area contributed by atoms with Crippen LogP contribution < -0.4 is 5.32 Å². The number of carbonyl (C=O) groups is 1. The van der Waals surface area contributed by atoms with Crippen molar-refractivity contribution in [3.8, 4) is 0 Å². The summed E-state index contributed by atoms with van der Waals surface area (Å²) in [4.78, 5) is 13.4. The number of piperidine rings is 1. The Morgan fingerprint density at radius 3 is 2.78 bits per heavy atom. The van der Waals surface area contributed by atoms with E-state index in [0.29, 0.717) is 6.04 Å². The Hall–Kier alpha value is -0.610. The standard InChI is InChI=1S/C14H28N2O2/c1-11-7-4-5-9-16(11)10-6-8-15-13(3)12(2)14(17)18/h11-13,15H,4-10H2,1-3H3,(H,17,18). The summed E-state index contributed by atoms with van der Waals surface area (Å²) in [6.45, 7) is 9.27. The van der Waals surface area contributed by atoms with E-state index in [2.05, 4.69) is 17.1 Å². The molecule has 0 bridgehead atoms. The molecular weight excluding hydrogens is 228 g/mol. The first-order chi connectivity index (χ1) is 8.52. The number of aliphatic carboxylic acids is 1. The maximum Gasteiger partial charge on any atom is 0.307 e. The second kappa shape index (κ2) is 7.74. The van der Waals surface area contributed by atoms with Crippen molar-refractivity contribution in [3.63, 3.8) is 0 Å². The molecule has 0 aromatic carbocycles. The van der Waals surface area contributed by atoms with Gasteiger partial charge in [-0.15, -0.1) is 0 Å². The lowest BCUT2D eigenvalue weighted by atomic mass is 10.0. The van der Waals surface area contributed by atoms with Crippen LogP contribution >= 0.6 is 0 Å². The average molecular weight is 256 g/mol. The van der Waals surface area contributed by atoms with Gasteiger partial charge in [0.1, 0.15) is 0 Å². The van der Waals surface area contributed by atoms with Gasteiger partial charge in [-0.05, 0) is 52.7 Å². The zero-order valence-corrected chi connectivity index (χ0v) is 12.0. The molecule has 2 N–H and O–H groups in total. The van der Waals surface area contributed by atoms with Crippen molar-refractivity contribution in [3.05, 3.63) is 0 Å². The molecule has 0 aromatic rings. The van der Waals surface area contributed by atoms with Crippen LogP contribution in [0.15, 0.2) is 0 Å². The Morgan fingerprint density at radius 1 is 1.44 bits per heavy atom. The van der Waals surface area contributed by atoms with Gasteiger partial charge < -0.3 is 15.3 Å². The normalized spacial score (nSPS) is 24.7. The molecule has 0 saturated carbocycles. The molecule has 1 aliphatic rings. The molecule has 4 heteroatoms. The highest BCUT2D eigenvalue weighted by Gasteiger charge is 2.19. The number of hydrogen-bond acceptors (Lipinski definition) is 3. The highest BCUT2D eigenvalue weighted by Crippen LogP contribution is 2.16. The molecule has 0 amide bonds. The Morgan fingerprint density at radius 2 is 2.17 bits per heavy atom. The van der Waals surface area contributed by atoms with Crippen LogP contribution in [0.5, 0.6) is 0 Å². The molecule has 0 aliphatic carbocycles. The quantitative estimate of drug-likeness (QED) is 0.684. The summed E-state index contributed by atoms with van der Waals surface area (Å²) in [7, 11) is 0. The van der Waals surface area contributed by atoms with Crippen molar-refractivity contribution >= 4 is 5.97 Å². The van der Waals surface area contributed by atoms with Crippen LogP contribution in [-0.4, -0.2) is 47.7 Å². The molecule has 0 spiro atoms. The van der Waals surface area contributed by atoms with Crippen LogP contribution in [0.3, 0.4) is 0 Å². The van der Waals surface area contributed by atoms with Crippen molar-refractivity contribution in [2.75, 3.05) is 19.6 Å². The molecule has 4 nitrogen and oxygen atoms in total. The number of rotatable bonds is 7. The third-order valence-corrected chi connectivity index (χ3v) is 4.17. The van der Waals surface area contributed by atoms with Crippen molar-refractivity contribution in [2.24, 2.45) is 5.92 Å². The molecule has 3 unspecified atom stereocenters. The van der Waals surface area contributed by atoms with Gasteiger partial charge in [0, 0.05) is 12.1 Å². The van der Waals surface area contributed by atoms with Gasteiger partial charge in [-0.1, -0.05) is 13.3 Å². The smallest absolute Gasteiger partial charge is 0.307 e. The SMILES string of the molecule is CC(NCCCN1CCCCC1C)C(C)C(=O)O. The van der Waals surface area contributed by atoms with E-state index < -0.39 is 5.97 Å². The third kappa shape index (κ3) is 4.94. The lowest BCUT2D eigenvalue weighted by molar-refractivity contribution is -0.141. The molecule has 0 radical (unpaired) electrons. The molecule has 3 atom stereocenters. The van der Waals surface area contributed by atoms with E-state index >= 15 is 0 Å². The fraction of sp³-hybridized carbons (Fsp3) is 0.929. The van der Waals surface area contributed by atoms with Gasteiger partial charge in [-0.3, -0.25) is 4.79 Å². The predicted molar refractivity (Wildman–Crippen MR) is 73.8 cm³/mol. The minimum atomic E-state index is -0.723. The molecule has 106 valence electrons. The van der Waals surface area contributed by atoms with Crippen LogP contribution in [0.2, 0.25) is 0 Å². The number of nitrogens with one attached hydrogen (secondary N) is 1. The first kappa shape index (κ1) is 15.4. The Balaban J connectivity index is 2.12. The van der Waals surface area contributed by atoms with Gasteiger partial charge in [0.05, 0.1) is 5.92 Å². The highest BCUT2D eigenvalue weighted by atomic mass is 16.4. The molecule has 1 aliphatic heterocycles. The molecule has 1 fully saturated rings. The van der Waals surface area contributed by atoms with Crippen LogP contribution in [0.1, 0.15) is 46.5 Å². The Bertz CT molecular complexity index is 258. The van der Waals surface area contributed by atoms with Crippen molar-refractivity contribution in [1.29, 1.82) is 0 Å². The van der Waals surface area contributed by atoms with Gasteiger partial charge in [0.2, 0.25) is 0 Å². The third-order valence-electron chi connectivity index (χ3n) is 4.17. The number of hydrogen-bond donors (Lipinski definition) is 2. The maximum atomic E-state index is 10.8. The van der Waals surface area contributed by atoms with E-state index in [4.69, 9.17) is 5.11 Å². The van der Waals surface area contributed by atoms with E-state index in [1.807, 2.05) is 6.92 Å². The topological polar surface area (TPSA) is 52.6 Å². The first-order valence-corrected chi connectivity index (χ1v) is 7.22. The predicted octanol–water partition coefficient (Wildman–Crippen LogP) is 1.95. The van der Waals surface area contributed by atoms with Crippen LogP contribution in [0, 0.1) is 5.92 Å². The molecule has 0 aromatic heterocycles. The largest absolute Gasteiger partial charge is 0.481 e. The summed E-state index contributed by atoms with van der Waals surface area (Å²) in [5.74, 6) is -1.04. The number of nitrogens with zero attached hydrogens (tertiary/aromatic N) is 1. The van der Waals surface area contributed by atoms with Crippen molar-refractivity contribution in [2.45, 2.75) is 58.5 Å². The van der Waals surface area contributed by atoms with Gasteiger partial charge in [-0.2, -0.15) is 0 Å². The second-order valence-corrected chi connectivity index (χ2v) is 5.60. The lowest BCUT2D eigenvalue weighted by Crippen LogP contribution is -2.41. The average Bonchev–Trinajstić information content (AvgIpc) is 2.35. The molecule has 1 heterocycles. The zero-order chi connectivity index (χ0) is 13.5. The summed E-state index contributed by atoms with van der Waals surface area (Å²) in [5, 5.41) is 12.2. The summed E-state index contributed by atoms with van der Waals surface area (Å²) < 4.78 is 0. The number of likely N-dealkylation sites (tertiary alicyclic amines) is 1. The van der Waals surface area contributed by atoms with Crippen LogP contribution in [-0.2, 0) is 4.79 Å². The summed E-state index contributed by atoms with van der Waals surface area (Å²) in [5.41, 5.74) is 0. The lowest BCUT2D eigenvalue weighted by Gasteiger charge is -2.33. The Labute approximate surface area is 111 Å². The van der Waals surface area contributed by atoms with Gasteiger partial charge in [0.15, 0.2) is 0 Å². The number of carboxylic acids is 1. The molecule has 1 saturated heterocycles. The molecular formula is C14H28N2O2. The highest BCUT2D eigenvalue weighted by molar-refractivity contribution is 5.70. The van der Waals surface area contributed by atoms with E-state index in [1.165, 1.54) is 25.8 Å². The molecule has 1 rings (SSSR count). The van der Waals surface area contributed by atoms with Crippen LogP contribution in [0.25, 0.3) is 0 Å². The minimum absolute atomic E-state index is 0.0429. The van der Waals surface area contributed by atoms with E-state index in [-0.39, 0.29) is 12.0 Å². The first-order valence-electron chi connectivity index (χ1n) is 7.22. The van der Waals surface area contributed by atoms with Crippen molar-refractivity contribution in [1.82, 2.24) is 10.2 Å². The second-order valence-electron chi connectivity index (χ2n) is 5.60. The van der Waals surface area contributed by atoms with E-state index in [1.54, 1.807) is 6.92 Å². The molecule has 18 heavy (non-hydrogen) atoms. The summed E-state index contributed by atoms with van der Waals surface area (Å²) >= 11 is 0. The maximum absolute atomic E-state index is 10.8. The Kier molecular flexibility index (Phi) is 6.65. The fourth-order valence-corrected chi connectivity index (χ4v) is 2.49. The minimum Gasteiger partial charge on any atom is -0.481 e. The van der Waals surface area contributed by atoms with Crippen LogP contribution in [0.4, 0.5) is 0 Å². The summed E-state index contributed by atoms with van der Waals surface area (Å²) in [6.07, 6.45) is 5.11. The van der Waals surface area contributed by atoms with E-state index in [0.717, 1.165) is 19.5 Å². The number of carboxylic acid groups (broad SMARTS) is 1. The van der Waals surface area contributed by atoms with Gasteiger partial charge in [-0.25, -0.2) is 0 Å². The van der Waals surface area contributed by atoms with Crippen molar-refractivity contribution < 1.29 is 9.90 Å². The van der Waals surface area contributed by atoms with E-state index in [9.17, 15) is 4.79 Å². The zero-order valence-electron chi connectivity index (χ0n) is 12.0.